The van der Waals surface area contributed by atoms with E-state index >= 15 is 0 Å². The van der Waals surface area contributed by atoms with Gasteiger partial charge in [0, 0.05) is 6.61 Å². The molecule has 0 aliphatic carbocycles. The fourth-order valence-electron chi connectivity index (χ4n) is 1.91. The van der Waals surface area contributed by atoms with Crippen molar-refractivity contribution in [3.8, 4) is 0 Å². The summed E-state index contributed by atoms with van der Waals surface area (Å²) in [5.74, 6) is 0. The van der Waals surface area contributed by atoms with Crippen molar-refractivity contribution in [2.45, 2.75) is 84.3 Å². The summed E-state index contributed by atoms with van der Waals surface area (Å²) in [6, 6.07) is 0. The molecule has 0 spiro atoms. The van der Waals surface area contributed by atoms with E-state index in [0.29, 0.717) is 6.61 Å². The molecule has 0 aromatic carbocycles. The van der Waals surface area contributed by atoms with Gasteiger partial charge in [0.15, 0.2) is 6.23 Å². The highest BCUT2D eigenvalue weighted by Gasteiger charge is 2.06. The monoisotopic (exact) mass is 255 g/mol. The Balaban J connectivity index is 3.53. The van der Waals surface area contributed by atoms with Crippen LogP contribution in [-0.4, -0.2) is 18.9 Å². The number of carbonyl (C=O) groups excluding carboxylic acids is 1. The summed E-state index contributed by atoms with van der Waals surface area (Å²) in [5, 5.41) is 0. The molecule has 106 valence electrons. The van der Waals surface area contributed by atoms with Gasteiger partial charge in [0.1, 0.15) is 0 Å². The molecule has 0 aromatic rings. The van der Waals surface area contributed by atoms with E-state index in [0.717, 1.165) is 19.3 Å². The van der Waals surface area contributed by atoms with Crippen molar-refractivity contribution >= 4 is 6.08 Å². The number of nitrogens with zero attached hydrogens (tertiary/aromatic N) is 1. The predicted octanol–water partition coefficient (Wildman–Crippen LogP) is 4.61. The molecule has 0 amide bonds. The van der Waals surface area contributed by atoms with E-state index < -0.39 is 0 Å². The van der Waals surface area contributed by atoms with Crippen LogP contribution >= 0.6 is 0 Å². The SMILES string of the molecule is CCCCCCCOC(CCCCCC)N=C=O. The Morgan fingerprint density at radius 3 is 2.17 bits per heavy atom. The number of hydrogen-bond donors (Lipinski definition) is 0. The first kappa shape index (κ1) is 17.3. The van der Waals surface area contributed by atoms with Gasteiger partial charge in [0.05, 0.1) is 0 Å². The van der Waals surface area contributed by atoms with E-state index in [4.69, 9.17) is 4.74 Å². The molecule has 0 aromatic heterocycles. The largest absolute Gasteiger partial charge is 0.356 e. The van der Waals surface area contributed by atoms with Gasteiger partial charge in [-0.2, -0.15) is 4.99 Å². The van der Waals surface area contributed by atoms with Crippen LogP contribution in [0.4, 0.5) is 0 Å². The van der Waals surface area contributed by atoms with Crippen LogP contribution in [0.25, 0.3) is 0 Å². The molecule has 0 N–H and O–H groups in total. The molecular weight excluding hydrogens is 226 g/mol. The third kappa shape index (κ3) is 11.8. The number of unbranched alkanes of at least 4 members (excludes halogenated alkanes) is 7. The lowest BCUT2D eigenvalue weighted by molar-refractivity contribution is 0.0493. The van der Waals surface area contributed by atoms with Crippen LogP contribution in [-0.2, 0) is 9.53 Å². The highest BCUT2D eigenvalue weighted by Crippen LogP contribution is 2.10. The second-order valence-corrected chi connectivity index (χ2v) is 4.81. The summed E-state index contributed by atoms with van der Waals surface area (Å²) in [5.41, 5.74) is 0. The van der Waals surface area contributed by atoms with E-state index in [1.807, 2.05) is 0 Å². The first-order valence-corrected chi connectivity index (χ1v) is 7.53. The first-order valence-electron chi connectivity index (χ1n) is 7.53. The smallest absolute Gasteiger partial charge is 0.237 e. The van der Waals surface area contributed by atoms with Gasteiger partial charge in [-0.1, -0.05) is 58.8 Å². The molecule has 1 atom stereocenters. The normalized spacial score (nSPS) is 12.1. The average Bonchev–Trinajstić information content (AvgIpc) is 2.38. The van der Waals surface area contributed by atoms with Gasteiger partial charge in [0.2, 0.25) is 6.08 Å². The van der Waals surface area contributed by atoms with Gasteiger partial charge in [-0.05, 0) is 19.3 Å². The summed E-state index contributed by atoms with van der Waals surface area (Å²) < 4.78 is 5.61. The van der Waals surface area contributed by atoms with Crippen molar-refractivity contribution < 1.29 is 9.53 Å². The standard InChI is InChI=1S/C15H29NO2/c1-3-5-7-9-11-13-18-15(16-14-17)12-10-8-6-4-2/h15H,3-13H2,1-2H3. The van der Waals surface area contributed by atoms with E-state index in [2.05, 4.69) is 18.8 Å². The molecule has 0 saturated carbocycles. The Labute approximate surface area is 112 Å². The Morgan fingerprint density at radius 1 is 0.944 bits per heavy atom. The Bertz CT molecular complexity index is 213. The molecule has 0 aliphatic rings. The maximum Gasteiger partial charge on any atom is 0.237 e. The van der Waals surface area contributed by atoms with Crippen LogP contribution in [0.3, 0.4) is 0 Å². The molecule has 18 heavy (non-hydrogen) atoms. The maximum absolute atomic E-state index is 10.3. The maximum atomic E-state index is 10.3. The number of hydrogen-bond acceptors (Lipinski definition) is 3. The number of isocyanates is 1. The lowest BCUT2D eigenvalue weighted by Crippen LogP contribution is -2.11. The molecule has 3 nitrogen and oxygen atoms in total. The van der Waals surface area contributed by atoms with E-state index in [9.17, 15) is 4.79 Å². The Morgan fingerprint density at radius 2 is 1.56 bits per heavy atom. The van der Waals surface area contributed by atoms with Gasteiger partial charge in [-0.25, -0.2) is 4.79 Å². The second-order valence-electron chi connectivity index (χ2n) is 4.81. The molecule has 3 heteroatoms. The highest BCUT2D eigenvalue weighted by molar-refractivity contribution is 5.33. The van der Waals surface area contributed by atoms with Crippen molar-refractivity contribution in [1.29, 1.82) is 0 Å². The van der Waals surface area contributed by atoms with Gasteiger partial charge in [0.25, 0.3) is 0 Å². The quantitative estimate of drug-likeness (QED) is 0.274. The van der Waals surface area contributed by atoms with Crippen molar-refractivity contribution in [3.63, 3.8) is 0 Å². The molecule has 0 saturated heterocycles. The zero-order valence-electron chi connectivity index (χ0n) is 12.1. The lowest BCUT2D eigenvalue weighted by Gasteiger charge is -2.11. The van der Waals surface area contributed by atoms with Crippen LogP contribution < -0.4 is 0 Å². The van der Waals surface area contributed by atoms with Crippen molar-refractivity contribution in [2.24, 2.45) is 4.99 Å². The second kappa shape index (κ2) is 14.4. The third-order valence-electron chi connectivity index (χ3n) is 3.06. The number of ether oxygens (including phenoxy) is 1. The molecule has 0 aliphatic heterocycles. The molecule has 0 fully saturated rings. The third-order valence-corrected chi connectivity index (χ3v) is 3.06. The van der Waals surface area contributed by atoms with Crippen LogP contribution in [0, 0.1) is 0 Å². The van der Waals surface area contributed by atoms with Crippen LogP contribution in [0.5, 0.6) is 0 Å². The highest BCUT2D eigenvalue weighted by atomic mass is 16.5. The van der Waals surface area contributed by atoms with Crippen molar-refractivity contribution in [3.05, 3.63) is 0 Å². The van der Waals surface area contributed by atoms with Gasteiger partial charge >= 0.3 is 0 Å². The van der Waals surface area contributed by atoms with Gasteiger partial charge < -0.3 is 4.74 Å². The summed E-state index contributed by atoms with van der Waals surface area (Å²) in [4.78, 5) is 14.0. The summed E-state index contributed by atoms with van der Waals surface area (Å²) in [6.07, 6.45) is 13.1. The van der Waals surface area contributed by atoms with Gasteiger partial charge in [-0.3, -0.25) is 0 Å². The summed E-state index contributed by atoms with van der Waals surface area (Å²) >= 11 is 0. The molecular formula is C15H29NO2. The zero-order chi connectivity index (χ0) is 13.5. The first-order chi connectivity index (χ1) is 8.85. The molecule has 0 rings (SSSR count). The molecule has 1 unspecified atom stereocenters. The average molecular weight is 255 g/mol. The Kier molecular flexibility index (Phi) is 13.9. The Hall–Kier alpha value is -0.660. The topological polar surface area (TPSA) is 38.7 Å². The minimum atomic E-state index is -0.259. The molecule has 0 bridgehead atoms. The zero-order valence-corrected chi connectivity index (χ0v) is 12.1. The lowest BCUT2D eigenvalue weighted by atomic mass is 10.1. The van der Waals surface area contributed by atoms with E-state index in [-0.39, 0.29) is 6.23 Å². The van der Waals surface area contributed by atoms with Gasteiger partial charge in [-0.15, -0.1) is 0 Å². The minimum absolute atomic E-state index is 0.259. The summed E-state index contributed by atoms with van der Waals surface area (Å²) in [7, 11) is 0. The van der Waals surface area contributed by atoms with Crippen LogP contribution in [0.15, 0.2) is 4.99 Å². The summed E-state index contributed by atoms with van der Waals surface area (Å²) in [6.45, 7) is 5.11. The van der Waals surface area contributed by atoms with E-state index in [1.54, 1.807) is 6.08 Å². The molecule has 0 radical (unpaired) electrons. The van der Waals surface area contributed by atoms with E-state index in [1.165, 1.54) is 44.9 Å². The van der Waals surface area contributed by atoms with Crippen molar-refractivity contribution in [1.82, 2.24) is 0 Å². The fraction of sp³-hybridized carbons (Fsp3) is 0.933. The van der Waals surface area contributed by atoms with Crippen LogP contribution in [0.2, 0.25) is 0 Å². The number of aliphatic imine (C=N–C) groups is 1. The minimum Gasteiger partial charge on any atom is -0.356 e. The fourth-order valence-corrected chi connectivity index (χ4v) is 1.91. The molecule has 0 heterocycles. The van der Waals surface area contributed by atoms with Crippen molar-refractivity contribution in [2.75, 3.05) is 6.61 Å². The number of rotatable bonds is 13. The predicted molar refractivity (Wildman–Crippen MR) is 75.4 cm³/mol. The van der Waals surface area contributed by atoms with Crippen LogP contribution in [0.1, 0.15) is 78.1 Å².